The van der Waals surface area contributed by atoms with Crippen LogP contribution in [0.2, 0.25) is 0 Å². The second-order valence-electron chi connectivity index (χ2n) is 5.64. The highest BCUT2D eigenvalue weighted by atomic mass is 16.2. The highest BCUT2D eigenvalue weighted by Crippen LogP contribution is 2.16. The van der Waals surface area contributed by atoms with Crippen LogP contribution < -0.4 is 4.90 Å². The number of carbonyl (C=O) groups is 2. The Morgan fingerprint density at radius 1 is 1.32 bits per heavy atom. The minimum Gasteiger partial charge on any atom is -0.373 e. The molecular formula is C16H24N4O2. The molecule has 22 heavy (non-hydrogen) atoms. The number of aromatic nitrogens is 1. The average Bonchev–Trinajstić information content (AvgIpc) is 2.59. The first kappa shape index (κ1) is 16.3. The Morgan fingerprint density at radius 3 is 2.68 bits per heavy atom. The summed E-state index contributed by atoms with van der Waals surface area (Å²) in [6.45, 7) is 5.46. The third-order valence-electron chi connectivity index (χ3n) is 4.01. The summed E-state index contributed by atoms with van der Waals surface area (Å²) in [7, 11) is 2.02. The second kappa shape index (κ2) is 7.77. The van der Waals surface area contributed by atoms with Gasteiger partial charge in [0.1, 0.15) is 0 Å². The molecular weight excluding hydrogens is 280 g/mol. The van der Waals surface area contributed by atoms with E-state index in [2.05, 4.69) is 16.8 Å². The van der Waals surface area contributed by atoms with E-state index in [1.165, 1.54) is 0 Å². The van der Waals surface area contributed by atoms with E-state index in [0.717, 1.165) is 31.5 Å². The van der Waals surface area contributed by atoms with Gasteiger partial charge in [-0.15, -0.1) is 0 Å². The average molecular weight is 304 g/mol. The molecule has 0 aliphatic carbocycles. The number of pyridine rings is 1. The monoisotopic (exact) mass is 304 g/mol. The van der Waals surface area contributed by atoms with E-state index in [-0.39, 0.29) is 5.91 Å². The number of unbranched alkanes of at least 4 members (excludes halogenated alkanes) is 1. The van der Waals surface area contributed by atoms with Gasteiger partial charge in [0.25, 0.3) is 5.91 Å². The summed E-state index contributed by atoms with van der Waals surface area (Å²) in [5.74, 6) is -0.0104. The molecule has 1 aliphatic heterocycles. The van der Waals surface area contributed by atoms with Gasteiger partial charge in [0.05, 0.1) is 17.4 Å². The Kier molecular flexibility index (Phi) is 5.75. The van der Waals surface area contributed by atoms with Crippen LogP contribution in [0.1, 0.15) is 30.1 Å². The van der Waals surface area contributed by atoms with Crippen molar-refractivity contribution in [2.24, 2.45) is 0 Å². The summed E-state index contributed by atoms with van der Waals surface area (Å²) in [6.07, 6.45) is 6.49. The van der Waals surface area contributed by atoms with Crippen LogP contribution in [0.25, 0.3) is 0 Å². The van der Waals surface area contributed by atoms with Crippen molar-refractivity contribution in [2.45, 2.75) is 19.8 Å². The van der Waals surface area contributed by atoms with Gasteiger partial charge in [-0.3, -0.25) is 14.6 Å². The molecule has 1 aromatic heterocycles. The number of nitrogens with zero attached hydrogens (tertiary/aromatic N) is 4. The lowest BCUT2D eigenvalue weighted by Crippen LogP contribution is -2.48. The van der Waals surface area contributed by atoms with Gasteiger partial charge in [0.15, 0.2) is 0 Å². The molecule has 0 saturated carbocycles. The Labute approximate surface area is 131 Å². The first-order valence-electron chi connectivity index (χ1n) is 7.80. The van der Waals surface area contributed by atoms with Crippen LogP contribution in [-0.2, 0) is 4.79 Å². The van der Waals surface area contributed by atoms with Crippen molar-refractivity contribution in [3.8, 4) is 0 Å². The maximum Gasteiger partial charge on any atom is 0.255 e. The normalized spacial score (nSPS) is 14.8. The smallest absolute Gasteiger partial charge is 0.255 e. The second-order valence-corrected chi connectivity index (χ2v) is 5.64. The molecule has 6 heteroatoms. The van der Waals surface area contributed by atoms with E-state index in [9.17, 15) is 9.59 Å². The number of anilines is 1. The van der Waals surface area contributed by atoms with Gasteiger partial charge in [-0.25, -0.2) is 0 Å². The highest BCUT2D eigenvalue weighted by molar-refractivity contribution is 5.94. The van der Waals surface area contributed by atoms with Crippen molar-refractivity contribution in [3.63, 3.8) is 0 Å². The lowest BCUT2D eigenvalue weighted by atomic mass is 10.2. The number of amides is 2. The van der Waals surface area contributed by atoms with Crippen molar-refractivity contribution in [2.75, 3.05) is 44.7 Å². The minimum absolute atomic E-state index is 0.0104. The predicted molar refractivity (Wildman–Crippen MR) is 86.0 cm³/mol. The molecule has 0 atom stereocenters. The Morgan fingerprint density at radius 2 is 2.05 bits per heavy atom. The standard InChI is InChI=1S/C16H24N4O2/c1-3-4-5-18(2)15-10-14(11-17-12-15)16(22)20-8-6-19(13-21)7-9-20/h10-13H,3-9H2,1-2H3. The van der Waals surface area contributed by atoms with Gasteiger partial charge in [-0.1, -0.05) is 13.3 Å². The fraction of sp³-hybridized carbons (Fsp3) is 0.562. The van der Waals surface area contributed by atoms with Crippen LogP contribution >= 0.6 is 0 Å². The molecule has 0 radical (unpaired) electrons. The number of hydrogen-bond donors (Lipinski definition) is 0. The Hall–Kier alpha value is -2.11. The van der Waals surface area contributed by atoms with E-state index in [4.69, 9.17) is 0 Å². The first-order chi connectivity index (χ1) is 10.7. The zero-order chi connectivity index (χ0) is 15.9. The van der Waals surface area contributed by atoms with Crippen molar-refractivity contribution in [1.82, 2.24) is 14.8 Å². The van der Waals surface area contributed by atoms with Crippen molar-refractivity contribution in [3.05, 3.63) is 24.0 Å². The predicted octanol–water partition coefficient (Wildman–Crippen LogP) is 1.23. The SMILES string of the molecule is CCCCN(C)c1cncc(C(=O)N2CCN(C=O)CC2)c1. The van der Waals surface area contributed by atoms with Crippen LogP contribution in [0.3, 0.4) is 0 Å². The Bertz CT molecular complexity index is 513. The minimum atomic E-state index is -0.0104. The maximum absolute atomic E-state index is 12.5. The highest BCUT2D eigenvalue weighted by Gasteiger charge is 2.21. The number of piperazine rings is 1. The molecule has 120 valence electrons. The van der Waals surface area contributed by atoms with E-state index in [1.54, 1.807) is 22.2 Å². The van der Waals surface area contributed by atoms with E-state index in [1.807, 2.05) is 13.1 Å². The van der Waals surface area contributed by atoms with Gasteiger partial charge < -0.3 is 14.7 Å². The molecule has 2 heterocycles. The molecule has 1 fully saturated rings. The van der Waals surface area contributed by atoms with Crippen molar-refractivity contribution < 1.29 is 9.59 Å². The maximum atomic E-state index is 12.5. The first-order valence-corrected chi connectivity index (χ1v) is 7.80. The quantitative estimate of drug-likeness (QED) is 0.742. The van der Waals surface area contributed by atoms with Gasteiger partial charge in [0.2, 0.25) is 6.41 Å². The molecule has 0 unspecified atom stereocenters. The van der Waals surface area contributed by atoms with E-state index >= 15 is 0 Å². The lowest BCUT2D eigenvalue weighted by Gasteiger charge is -2.32. The topological polar surface area (TPSA) is 56.8 Å². The lowest BCUT2D eigenvalue weighted by molar-refractivity contribution is -0.119. The third-order valence-corrected chi connectivity index (χ3v) is 4.01. The number of rotatable bonds is 6. The number of carbonyl (C=O) groups excluding carboxylic acids is 2. The van der Waals surface area contributed by atoms with E-state index < -0.39 is 0 Å². The largest absolute Gasteiger partial charge is 0.373 e. The summed E-state index contributed by atoms with van der Waals surface area (Å²) >= 11 is 0. The summed E-state index contributed by atoms with van der Waals surface area (Å²) in [4.78, 5) is 33.1. The van der Waals surface area contributed by atoms with E-state index in [0.29, 0.717) is 31.7 Å². The van der Waals surface area contributed by atoms with Gasteiger partial charge in [-0.05, 0) is 12.5 Å². The molecule has 1 aliphatic rings. The van der Waals surface area contributed by atoms with Crippen LogP contribution in [0.4, 0.5) is 5.69 Å². The molecule has 0 N–H and O–H groups in total. The number of hydrogen-bond acceptors (Lipinski definition) is 4. The Balaban J connectivity index is 2.02. The molecule has 6 nitrogen and oxygen atoms in total. The molecule has 1 aromatic rings. The van der Waals surface area contributed by atoms with Crippen LogP contribution in [0.5, 0.6) is 0 Å². The summed E-state index contributed by atoms with van der Waals surface area (Å²) in [5, 5.41) is 0. The van der Waals surface area contributed by atoms with Crippen LogP contribution in [-0.4, -0.2) is 66.9 Å². The fourth-order valence-electron chi connectivity index (χ4n) is 2.49. The van der Waals surface area contributed by atoms with Crippen molar-refractivity contribution in [1.29, 1.82) is 0 Å². The summed E-state index contributed by atoms with van der Waals surface area (Å²) in [6, 6.07) is 1.90. The van der Waals surface area contributed by atoms with Gasteiger partial charge in [-0.2, -0.15) is 0 Å². The molecule has 0 bridgehead atoms. The van der Waals surface area contributed by atoms with Gasteiger partial charge >= 0.3 is 0 Å². The third kappa shape index (κ3) is 3.96. The van der Waals surface area contributed by atoms with Crippen molar-refractivity contribution >= 4 is 18.0 Å². The van der Waals surface area contributed by atoms with Crippen LogP contribution in [0.15, 0.2) is 18.5 Å². The molecule has 2 rings (SSSR count). The van der Waals surface area contributed by atoms with Gasteiger partial charge in [0, 0.05) is 46.0 Å². The molecule has 2 amide bonds. The molecule has 1 saturated heterocycles. The summed E-state index contributed by atoms with van der Waals surface area (Å²) in [5.41, 5.74) is 1.58. The molecule has 0 spiro atoms. The van der Waals surface area contributed by atoms with Crippen LogP contribution in [0, 0.1) is 0 Å². The molecule has 0 aromatic carbocycles. The fourth-order valence-corrected chi connectivity index (χ4v) is 2.49. The zero-order valence-electron chi connectivity index (χ0n) is 13.4. The summed E-state index contributed by atoms with van der Waals surface area (Å²) < 4.78 is 0. The zero-order valence-corrected chi connectivity index (χ0v) is 13.4.